The second kappa shape index (κ2) is 6.69. The van der Waals surface area contributed by atoms with Crippen molar-refractivity contribution in [3.8, 4) is 0 Å². The van der Waals surface area contributed by atoms with Gasteiger partial charge >= 0.3 is 0 Å². The van der Waals surface area contributed by atoms with Crippen molar-refractivity contribution in [3.05, 3.63) is 65.7 Å². The Labute approximate surface area is 145 Å². The summed E-state index contributed by atoms with van der Waals surface area (Å²) in [7, 11) is -3.43. The molecule has 1 heterocycles. The van der Waals surface area contributed by atoms with E-state index < -0.39 is 10.0 Å². The highest BCUT2D eigenvalue weighted by Gasteiger charge is 2.41. The van der Waals surface area contributed by atoms with Crippen LogP contribution in [0.2, 0.25) is 0 Å². The number of aryl methyl sites for hydroxylation is 1. The Balaban J connectivity index is 1.91. The molecule has 128 valence electrons. The Hall–Kier alpha value is -1.65. The minimum Gasteiger partial charge on any atom is -0.207 e. The molecule has 3 nitrogen and oxygen atoms in total. The zero-order valence-corrected chi connectivity index (χ0v) is 15.3. The van der Waals surface area contributed by atoms with Crippen LogP contribution < -0.4 is 0 Å². The van der Waals surface area contributed by atoms with E-state index in [1.807, 2.05) is 37.3 Å². The highest BCUT2D eigenvalue weighted by molar-refractivity contribution is 7.89. The summed E-state index contributed by atoms with van der Waals surface area (Å²) in [6.07, 6.45) is 0. The van der Waals surface area contributed by atoms with Crippen LogP contribution in [0.1, 0.15) is 30.9 Å². The Morgan fingerprint density at radius 1 is 0.958 bits per heavy atom. The molecular weight excluding hydrogens is 318 g/mol. The summed E-state index contributed by atoms with van der Waals surface area (Å²) in [4.78, 5) is 0.393. The molecule has 24 heavy (non-hydrogen) atoms. The third-order valence-electron chi connectivity index (χ3n) is 5.07. The first-order chi connectivity index (χ1) is 11.4. The highest BCUT2D eigenvalue weighted by Crippen LogP contribution is 2.39. The fourth-order valence-corrected chi connectivity index (χ4v) is 5.08. The lowest BCUT2D eigenvalue weighted by Gasteiger charge is -2.22. The summed E-state index contributed by atoms with van der Waals surface area (Å²) in [5.41, 5.74) is 2.30. The largest absolute Gasteiger partial charge is 0.243 e. The zero-order valence-electron chi connectivity index (χ0n) is 14.5. The molecule has 1 saturated heterocycles. The molecule has 0 amide bonds. The SMILES string of the molecule is Cc1ccc(S(=O)(=O)N2C[C@H](c3ccccc3)[C@@H](C(C)C)C2)cc1. The molecule has 3 rings (SSSR count). The van der Waals surface area contributed by atoms with Gasteiger partial charge in [-0.25, -0.2) is 8.42 Å². The van der Waals surface area contributed by atoms with E-state index >= 15 is 0 Å². The van der Waals surface area contributed by atoms with Gasteiger partial charge in [-0.15, -0.1) is 0 Å². The normalized spacial score (nSPS) is 22.2. The maximum Gasteiger partial charge on any atom is 0.243 e. The summed E-state index contributed by atoms with van der Waals surface area (Å²) in [5.74, 6) is 1.03. The molecule has 2 aromatic rings. The van der Waals surface area contributed by atoms with E-state index in [4.69, 9.17) is 0 Å². The second-order valence-electron chi connectivity index (χ2n) is 7.06. The smallest absolute Gasteiger partial charge is 0.207 e. The Morgan fingerprint density at radius 2 is 1.58 bits per heavy atom. The van der Waals surface area contributed by atoms with Crippen LogP contribution in [0.25, 0.3) is 0 Å². The van der Waals surface area contributed by atoms with Gasteiger partial charge in [0.2, 0.25) is 10.0 Å². The van der Waals surface area contributed by atoms with Crippen LogP contribution in [0.15, 0.2) is 59.5 Å². The molecule has 0 aliphatic carbocycles. The average molecular weight is 343 g/mol. The maximum atomic E-state index is 13.0. The lowest BCUT2D eigenvalue weighted by molar-refractivity contribution is 0.368. The molecule has 0 bridgehead atoms. The molecule has 0 spiro atoms. The summed E-state index contributed by atoms with van der Waals surface area (Å²) in [6, 6.07) is 17.4. The van der Waals surface area contributed by atoms with Crippen LogP contribution in [0.4, 0.5) is 0 Å². The monoisotopic (exact) mass is 343 g/mol. The number of benzene rings is 2. The van der Waals surface area contributed by atoms with Gasteiger partial charge in [-0.05, 0) is 36.5 Å². The van der Waals surface area contributed by atoms with E-state index in [1.165, 1.54) is 5.56 Å². The standard InChI is InChI=1S/C20H25NO2S/c1-15(2)19-13-21(14-20(19)17-7-5-4-6-8-17)24(22,23)18-11-9-16(3)10-12-18/h4-12,15,19-20H,13-14H2,1-3H3/t19-,20-/m1/s1. The maximum absolute atomic E-state index is 13.0. The molecule has 1 aliphatic rings. The Bertz CT molecular complexity index is 782. The van der Waals surface area contributed by atoms with Gasteiger partial charge in [0, 0.05) is 19.0 Å². The van der Waals surface area contributed by atoms with Gasteiger partial charge in [0.15, 0.2) is 0 Å². The Kier molecular flexibility index (Phi) is 4.79. The van der Waals surface area contributed by atoms with Crippen molar-refractivity contribution in [3.63, 3.8) is 0 Å². The van der Waals surface area contributed by atoms with Gasteiger partial charge in [-0.2, -0.15) is 4.31 Å². The lowest BCUT2D eigenvalue weighted by Crippen LogP contribution is -2.29. The van der Waals surface area contributed by atoms with Gasteiger partial charge in [0.25, 0.3) is 0 Å². The molecule has 1 aliphatic heterocycles. The fraction of sp³-hybridized carbons (Fsp3) is 0.400. The molecular formula is C20H25NO2S. The van der Waals surface area contributed by atoms with E-state index in [0.29, 0.717) is 29.8 Å². The topological polar surface area (TPSA) is 37.4 Å². The predicted molar refractivity (Wildman–Crippen MR) is 97.4 cm³/mol. The minimum atomic E-state index is -3.43. The summed E-state index contributed by atoms with van der Waals surface area (Å²) < 4.78 is 27.7. The number of sulfonamides is 1. The van der Waals surface area contributed by atoms with Gasteiger partial charge in [0.1, 0.15) is 0 Å². The van der Waals surface area contributed by atoms with Crippen molar-refractivity contribution in [2.75, 3.05) is 13.1 Å². The van der Waals surface area contributed by atoms with Gasteiger partial charge in [0.05, 0.1) is 4.90 Å². The van der Waals surface area contributed by atoms with Crippen molar-refractivity contribution in [2.45, 2.75) is 31.6 Å². The predicted octanol–water partition coefficient (Wildman–Crippen LogP) is 4.06. The molecule has 0 unspecified atom stereocenters. The van der Waals surface area contributed by atoms with Gasteiger partial charge in [-0.1, -0.05) is 61.9 Å². The molecule has 0 N–H and O–H groups in total. The first-order valence-corrected chi connectivity index (χ1v) is 9.95. The molecule has 0 aromatic heterocycles. The van der Waals surface area contributed by atoms with Crippen LogP contribution in [0.5, 0.6) is 0 Å². The van der Waals surface area contributed by atoms with Crippen molar-refractivity contribution in [2.24, 2.45) is 11.8 Å². The van der Waals surface area contributed by atoms with Crippen LogP contribution in [-0.2, 0) is 10.0 Å². The molecule has 4 heteroatoms. The lowest BCUT2D eigenvalue weighted by atomic mass is 9.82. The fourth-order valence-electron chi connectivity index (χ4n) is 3.58. The zero-order chi connectivity index (χ0) is 17.3. The van der Waals surface area contributed by atoms with Gasteiger partial charge < -0.3 is 0 Å². The van der Waals surface area contributed by atoms with E-state index in [0.717, 1.165) is 5.56 Å². The minimum absolute atomic E-state index is 0.256. The number of hydrogen-bond acceptors (Lipinski definition) is 2. The first-order valence-electron chi connectivity index (χ1n) is 8.51. The van der Waals surface area contributed by atoms with E-state index in [9.17, 15) is 8.42 Å². The van der Waals surface area contributed by atoms with Crippen molar-refractivity contribution in [1.82, 2.24) is 4.31 Å². The quantitative estimate of drug-likeness (QED) is 0.840. The van der Waals surface area contributed by atoms with E-state index in [2.05, 4.69) is 26.0 Å². The molecule has 0 radical (unpaired) electrons. The first kappa shape index (κ1) is 17.2. The molecule has 2 atom stereocenters. The number of nitrogens with zero attached hydrogens (tertiary/aromatic N) is 1. The van der Waals surface area contributed by atoms with Gasteiger partial charge in [-0.3, -0.25) is 0 Å². The summed E-state index contributed by atoms with van der Waals surface area (Å²) in [6.45, 7) is 7.48. The van der Waals surface area contributed by atoms with Crippen LogP contribution >= 0.6 is 0 Å². The third-order valence-corrected chi connectivity index (χ3v) is 6.92. The third kappa shape index (κ3) is 3.26. The van der Waals surface area contributed by atoms with Crippen molar-refractivity contribution < 1.29 is 8.42 Å². The average Bonchev–Trinajstić information content (AvgIpc) is 3.02. The second-order valence-corrected chi connectivity index (χ2v) is 9.00. The van der Waals surface area contributed by atoms with Crippen molar-refractivity contribution >= 4 is 10.0 Å². The van der Waals surface area contributed by atoms with Crippen LogP contribution in [0, 0.1) is 18.8 Å². The summed E-state index contributed by atoms with van der Waals surface area (Å²) >= 11 is 0. The highest BCUT2D eigenvalue weighted by atomic mass is 32.2. The van der Waals surface area contributed by atoms with Crippen LogP contribution in [-0.4, -0.2) is 25.8 Å². The molecule has 1 fully saturated rings. The Morgan fingerprint density at radius 3 is 2.17 bits per heavy atom. The molecule has 0 saturated carbocycles. The number of hydrogen-bond donors (Lipinski definition) is 0. The number of rotatable bonds is 4. The summed E-state index contributed by atoms with van der Waals surface area (Å²) in [5, 5.41) is 0. The molecule has 2 aromatic carbocycles. The van der Waals surface area contributed by atoms with Crippen LogP contribution in [0.3, 0.4) is 0 Å². The van der Waals surface area contributed by atoms with E-state index in [-0.39, 0.29) is 5.92 Å². The van der Waals surface area contributed by atoms with E-state index in [1.54, 1.807) is 16.4 Å². The van der Waals surface area contributed by atoms with Crippen molar-refractivity contribution in [1.29, 1.82) is 0 Å².